The molecular formula is C21H14Br2Cl2N2O3. The van der Waals surface area contributed by atoms with Crippen molar-refractivity contribution in [1.29, 1.82) is 0 Å². The normalized spacial score (nSPS) is 10.9. The Balaban J connectivity index is 1.67. The van der Waals surface area contributed by atoms with Crippen molar-refractivity contribution in [3.8, 4) is 11.5 Å². The number of phenols is 1. The van der Waals surface area contributed by atoms with Crippen LogP contribution in [0.25, 0.3) is 0 Å². The number of aromatic hydroxyl groups is 1. The third kappa shape index (κ3) is 5.76. The van der Waals surface area contributed by atoms with Crippen LogP contribution in [0.2, 0.25) is 10.0 Å². The quantitative estimate of drug-likeness (QED) is 0.259. The lowest BCUT2D eigenvalue weighted by atomic mass is 10.2. The van der Waals surface area contributed by atoms with Gasteiger partial charge in [-0.05, 0) is 73.8 Å². The Hall–Kier alpha value is -2.06. The minimum Gasteiger partial charge on any atom is -0.507 e. The van der Waals surface area contributed by atoms with Crippen LogP contribution in [0.15, 0.2) is 68.6 Å². The van der Waals surface area contributed by atoms with Gasteiger partial charge in [0.05, 0.1) is 20.7 Å². The number of amides is 1. The third-order valence-corrected chi connectivity index (χ3v) is 5.70. The van der Waals surface area contributed by atoms with Crippen LogP contribution in [-0.2, 0) is 6.61 Å². The second-order valence-corrected chi connectivity index (χ2v) is 8.61. The molecule has 0 aromatic heterocycles. The summed E-state index contributed by atoms with van der Waals surface area (Å²) in [6.07, 6.45) is 1.48. The molecule has 0 saturated heterocycles. The Labute approximate surface area is 199 Å². The molecule has 30 heavy (non-hydrogen) atoms. The molecule has 5 nitrogen and oxygen atoms in total. The number of nitrogens with one attached hydrogen (secondary N) is 1. The highest BCUT2D eigenvalue weighted by Crippen LogP contribution is 2.35. The second-order valence-electron chi connectivity index (χ2n) is 6.05. The topological polar surface area (TPSA) is 70.9 Å². The number of halogens is 4. The highest BCUT2D eigenvalue weighted by atomic mass is 79.9. The second kappa shape index (κ2) is 10.3. The van der Waals surface area contributed by atoms with E-state index in [2.05, 4.69) is 42.4 Å². The molecule has 0 unspecified atom stereocenters. The SMILES string of the molecule is O=C(N/N=C\c1cc(Br)c(OCc2ccc(Cl)cc2Cl)c(Br)c1)c1ccccc1O. The van der Waals surface area contributed by atoms with Crippen molar-refractivity contribution in [2.24, 2.45) is 5.10 Å². The Morgan fingerprint density at radius 1 is 1.10 bits per heavy atom. The maximum absolute atomic E-state index is 12.1. The number of hydrazone groups is 1. The number of benzene rings is 3. The van der Waals surface area contributed by atoms with Gasteiger partial charge in [-0.15, -0.1) is 0 Å². The third-order valence-electron chi connectivity index (χ3n) is 3.94. The summed E-state index contributed by atoms with van der Waals surface area (Å²) < 4.78 is 7.26. The molecule has 1 amide bonds. The van der Waals surface area contributed by atoms with Gasteiger partial charge < -0.3 is 9.84 Å². The molecule has 0 saturated carbocycles. The molecular weight excluding hydrogens is 559 g/mol. The van der Waals surface area contributed by atoms with Crippen molar-refractivity contribution in [3.05, 3.63) is 90.3 Å². The van der Waals surface area contributed by atoms with E-state index in [4.69, 9.17) is 27.9 Å². The number of ether oxygens (including phenoxy) is 1. The van der Waals surface area contributed by atoms with Crippen molar-refractivity contribution in [3.63, 3.8) is 0 Å². The highest BCUT2D eigenvalue weighted by molar-refractivity contribution is 9.11. The van der Waals surface area contributed by atoms with Gasteiger partial charge in [0.15, 0.2) is 0 Å². The number of carbonyl (C=O) groups is 1. The van der Waals surface area contributed by atoms with E-state index in [1.807, 2.05) is 0 Å². The maximum Gasteiger partial charge on any atom is 0.275 e. The number of para-hydroxylation sites is 1. The molecule has 2 N–H and O–H groups in total. The molecule has 3 aromatic rings. The zero-order valence-electron chi connectivity index (χ0n) is 15.2. The summed E-state index contributed by atoms with van der Waals surface area (Å²) in [4.78, 5) is 12.1. The average Bonchev–Trinajstić information content (AvgIpc) is 2.69. The van der Waals surface area contributed by atoms with Gasteiger partial charge in [-0.3, -0.25) is 4.79 Å². The average molecular weight is 573 g/mol. The zero-order valence-corrected chi connectivity index (χ0v) is 19.9. The predicted molar refractivity (Wildman–Crippen MR) is 126 cm³/mol. The van der Waals surface area contributed by atoms with Crippen LogP contribution in [0.1, 0.15) is 21.5 Å². The van der Waals surface area contributed by atoms with Gasteiger partial charge in [-0.2, -0.15) is 5.10 Å². The van der Waals surface area contributed by atoms with Crippen LogP contribution in [-0.4, -0.2) is 17.2 Å². The fourth-order valence-corrected chi connectivity index (χ4v) is 4.39. The van der Waals surface area contributed by atoms with Gasteiger partial charge in [0.2, 0.25) is 0 Å². The Kier molecular flexibility index (Phi) is 7.77. The molecule has 0 atom stereocenters. The number of rotatable bonds is 6. The maximum atomic E-state index is 12.1. The highest BCUT2D eigenvalue weighted by Gasteiger charge is 2.11. The van der Waals surface area contributed by atoms with Gasteiger partial charge in [-0.25, -0.2) is 5.43 Å². The molecule has 154 valence electrons. The van der Waals surface area contributed by atoms with Crippen LogP contribution < -0.4 is 10.2 Å². The van der Waals surface area contributed by atoms with E-state index in [-0.39, 0.29) is 17.9 Å². The zero-order chi connectivity index (χ0) is 21.7. The summed E-state index contributed by atoms with van der Waals surface area (Å²) in [6.45, 7) is 0.261. The molecule has 0 aliphatic heterocycles. The van der Waals surface area contributed by atoms with Gasteiger partial charge in [-0.1, -0.05) is 41.4 Å². The van der Waals surface area contributed by atoms with E-state index in [0.29, 0.717) is 30.3 Å². The molecule has 0 aliphatic rings. The summed E-state index contributed by atoms with van der Waals surface area (Å²) in [5, 5.41) is 14.7. The molecule has 3 aromatic carbocycles. The predicted octanol–water partition coefficient (Wildman–Crippen LogP) is 6.57. The van der Waals surface area contributed by atoms with E-state index in [9.17, 15) is 9.90 Å². The van der Waals surface area contributed by atoms with Crippen molar-refractivity contribution in [2.45, 2.75) is 6.61 Å². The van der Waals surface area contributed by atoms with E-state index in [0.717, 1.165) is 5.56 Å². The summed E-state index contributed by atoms with van der Waals surface area (Å²) in [5.74, 6) is -0.0309. The molecule has 0 aliphatic carbocycles. The molecule has 9 heteroatoms. The molecule has 0 bridgehead atoms. The van der Waals surface area contributed by atoms with E-state index >= 15 is 0 Å². The first-order valence-electron chi connectivity index (χ1n) is 8.52. The Bertz CT molecular complexity index is 1100. The summed E-state index contributed by atoms with van der Waals surface area (Å²) in [6, 6.07) is 15.0. The molecule has 0 fully saturated rings. The largest absolute Gasteiger partial charge is 0.507 e. The lowest BCUT2D eigenvalue weighted by Crippen LogP contribution is -2.17. The first-order valence-corrected chi connectivity index (χ1v) is 10.9. The number of phenolic OH excluding ortho intramolecular Hbond substituents is 1. The Morgan fingerprint density at radius 3 is 2.47 bits per heavy atom. The van der Waals surface area contributed by atoms with Crippen LogP contribution in [0.4, 0.5) is 0 Å². The van der Waals surface area contributed by atoms with Crippen LogP contribution in [0, 0.1) is 0 Å². The molecule has 3 rings (SSSR count). The van der Waals surface area contributed by atoms with Crippen LogP contribution in [0.3, 0.4) is 0 Å². The van der Waals surface area contributed by atoms with E-state index < -0.39 is 5.91 Å². The smallest absolute Gasteiger partial charge is 0.275 e. The van der Waals surface area contributed by atoms with Gasteiger partial charge in [0.1, 0.15) is 18.1 Å². The first kappa shape index (κ1) is 22.6. The standard InChI is InChI=1S/C21H14Br2Cl2N2O3/c22-16-7-12(10-26-27-21(29)15-3-1-2-4-19(15)28)8-17(23)20(16)30-11-13-5-6-14(24)9-18(13)25/h1-10,28H,11H2,(H,27,29)/b26-10-. The summed E-state index contributed by atoms with van der Waals surface area (Å²) in [7, 11) is 0. The fraction of sp³-hybridized carbons (Fsp3) is 0.0476. The van der Waals surface area contributed by atoms with E-state index in [1.54, 1.807) is 42.5 Å². The fourth-order valence-electron chi connectivity index (χ4n) is 2.47. The van der Waals surface area contributed by atoms with E-state index in [1.165, 1.54) is 18.3 Å². The van der Waals surface area contributed by atoms with Gasteiger partial charge >= 0.3 is 0 Å². The first-order chi connectivity index (χ1) is 14.3. The number of hydrogen-bond acceptors (Lipinski definition) is 4. The summed E-state index contributed by atoms with van der Waals surface area (Å²) in [5.41, 5.74) is 4.04. The minimum absolute atomic E-state index is 0.113. The molecule has 0 radical (unpaired) electrons. The summed E-state index contributed by atoms with van der Waals surface area (Å²) >= 11 is 19.1. The van der Waals surface area contributed by atoms with Crippen LogP contribution >= 0.6 is 55.1 Å². The monoisotopic (exact) mass is 570 g/mol. The Morgan fingerprint density at radius 2 is 1.80 bits per heavy atom. The minimum atomic E-state index is -0.512. The van der Waals surface area contributed by atoms with Crippen molar-refractivity contribution in [1.82, 2.24) is 5.43 Å². The number of carbonyl (C=O) groups excluding carboxylic acids is 1. The molecule has 0 heterocycles. The van der Waals surface area contributed by atoms with Crippen LogP contribution in [0.5, 0.6) is 11.5 Å². The number of nitrogens with zero attached hydrogens (tertiary/aromatic N) is 1. The van der Waals surface area contributed by atoms with Gasteiger partial charge in [0, 0.05) is 15.6 Å². The lowest BCUT2D eigenvalue weighted by Gasteiger charge is -2.12. The van der Waals surface area contributed by atoms with Crippen molar-refractivity contribution < 1.29 is 14.6 Å². The molecule has 0 spiro atoms. The van der Waals surface area contributed by atoms with Gasteiger partial charge in [0.25, 0.3) is 5.91 Å². The lowest BCUT2D eigenvalue weighted by molar-refractivity contribution is 0.0952. The van der Waals surface area contributed by atoms with Crippen molar-refractivity contribution in [2.75, 3.05) is 0 Å². The number of hydrogen-bond donors (Lipinski definition) is 2. The van der Waals surface area contributed by atoms with Crippen molar-refractivity contribution >= 4 is 67.2 Å².